The van der Waals surface area contributed by atoms with Crippen LogP contribution in [-0.2, 0) is 22.4 Å². The van der Waals surface area contributed by atoms with Crippen LogP contribution >= 0.6 is 0 Å². The van der Waals surface area contributed by atoms with E-state index in [4.69, 9.17) is 14.0 Å². The predicted molar refractivity (Wildman–Crippen MR) is 76.5 cm³/mol. The van der Waals surface area contributed by atoms with Crippen LogP contribution < -0.4 is 0 Å². The molecule has 0 bridgehead atoms. The lowest BCUT2D eigenvalue weighted by atomic mass is 9.96. The molecule has 21 heavy (non-hydrogen) atoms. The summed E-state index contributed by atoms with van der Waals surface area (Å²) in [5.41, 5.74) is 0. The van der Waals surface area contributed by atoms with Crippen molar-refractivity contribution >= 4 is 0 Å². The zero-order valence-electron chi connectivity index (χ0n) is 13.0. The van der Waals surface area contributed by atoms with Gasteiger partial charge in [-0.05, 0) is 31.8 Å². The van der Waals surface area contributed by atoms with Crippen LogP contribution in [0.5, 0.6) is 0 Å². The minimum atomic E-state index is 0.0215. The molecule has 0 aromatic carbocycles. The van der Waals surface area contributed by atoms with E-state index in [2.05, 4.69) is 28.9 Å². The van der Waals surface area contributed by atoms with E-state index < -0.39 is 0 Å². The second-order valence-corrected chi connectivity index (χ2v) is 6.43. The van der Waals surface area contributed by atoms with Crippen molar-refractivity contribution in [1.82, 2.24) is 15.0 Å². The molecule has 2 aliphatic heterocycles. The maximum atomic E-state index is 5.60. The molecule has 3 heterocycles. The lowest BCUT2D eigenvalue weighted by Gasteiger charge is -2.32. The van der Waals surface area contributed by atoms with Gasteiger partial charge in [-0.3, -0.25) is 4.90 Å². The number of aromatic nitrogens is 2. The lowest BCUT2D eigenvalue weighted by molar-refractivity contribution is -0.0981. The summed E-state index contributed by atoms with van der Waals surface area (Å²) in [6, 6.07) is 0. The van der Waals surface area contributed by atoms with Gasteiger partial charge in [-0.25, -0.2) is 0 Å². The average Bonchev–Trinajstić information content (AvgIpc) is 3.11. The van der Waals surface area contributed by atoms with Gasteiger partial charge in [0.05, 0.1) is 19.8 Å². The highest BCUT2D eigenvalue weighted by Crippen LogP contribution is 2.26. The molecule has 118 valence electrons. The van der Waals surface area contributed by atoms with Crippen molar-refractivity contribution in [2.24, 2.45) is 11.8 Å². The van der Waals surface area contributed by atoms with E-state index >= 15 is 0 Å². The molecule has 0 amide bonds. The number of hydrogen-bond acceptors (Lipinski definition) is 6. The Bertz CT molecular complexity index is 435. The topological polar surface area (TPSA) is 60.6 Å². The quantitative estimate of drug-likeness (QED) is 0.826. The van der Waals surface area contributed by atoms with Crippen molar-refractivity contribution in [3.8, 4) is 0 Å². The highest BCUT2D eigenvalue weighted by molar-refractivity contribution is 4.88. The van der Waals surface area contributed by atoms with Crippen LogP contribution in [0.1, 0.15) is 38.4 Å². The fourth-order valence-corrected chi connectivity index (χ4v) is 3.03. The van der Waals surface area contributed by atoms with Gasteiger partial charge < -0.3 is 14.0 Å². The van der Waals surface area contributed by atoms with Crippen molar-refractivity contribution in [1.29, 1.82) is 0 Å². The Morgan fingerprint density at radius 1 is 1.19 bits per heavy atom. The first-order valence-electron chi connectivity index (χ1n) is 7.97. The number of ether oxygens (including phenoxy) is 2. The highest BCUT2D eigenvalue weighted by atomic mass is 16.7. The Morgan fingerprint density at radius 3 is 2.57 bits per heavy atom. The normalized spacial score (nSPS) is 22.4. The lowest BCUT2D eigenvalue weighted by Crippen LogP contribution is -2.37. The number of rotatable bonds is 5. The largest absolute Gasteiger partial charge is 0.350 e. The van der Waals surface area contributed by atoms with Gasteiger partial charge in [0.15, 0.2) is 12.1 Å². The third-order valence-electron chi connectivity index (χ3n) is 4.12. The minimum Gasteiger partial charge on any atom is -0.350 e. The summed E-state index contributed by atoms with van der Waals surface area (Å²) in [5, 5.41) is 4.05. The molecule has 0 saturated carbocycles. The third-order valence-corrected chi connectivity index (χ3v) is 4.12. The van der Waals surface area contributed by atoms with Crippen LogP contribution in [-0.4, -0.2) is 47.6 Å². The standard InChI is InChI=1S/C15H25N3O3/c1-11(2)9-13-16-14(21-17-13)10-18-5-3-12(4-6-18)15-19-7-8-20-15/h11-12,15H,3-10H2,1-2H3. The maximum Gasteiger partial charge on any atom is 0.240 e. The number of piperidine rings is 1. The summed E-state index contributed by atoms with van der Waals surface area (Å²) in [4.78, 5) is 6.85. The molecule has 0 aliphatic carbocycles. The Kier molecular flexibility index (Phi) is 4.87. The number of nitrogens with zero attached hydrogens (tertiary/aromatic N) is 3. The molecule has 1 aromatic heterocycles. The molecule has 2 aliphatic rings. The van der Waals surface area contributed by atoms with Crippen molar-refractivity contribution in [3.63, 3.8) is 0 Å². The zero-order valence-corrected chi connectivity index (χ0v) is 13.0. The summed E-state index contributed by atoms with van der Waals surface area (Å²) in [6.45, 7) is 8.63. The molecule has 2 saturated heterocycles. The molecule has 6 nitrogen and oxygen atoms in total. The van der Waals surface area contributed by atoms with Gasteiger partial charge in [-0.1, -0.05) is 19.0 Å². The van der Waals surface area contributed by atoms with Gasteiger partial charge in [-0.2, -0.15) is 4.98 Å². The Hall–Kier alpha value is -0.980. The Balaban J connectivity index is 1.45. The van der Waals surface area contributed by atoms with Crippen molar-refractivity contribution in [2.45, 2.75) is 45.9 Å². The van der Waals surface area contributed by atoms with Crippen molar-refractivity contribution < 1.29 is 14.0 Å². The van der Waals surface area contributed by atoms with Gasteiger partial charge in [-0.15, -0.1) is 0 Å². The van der Waals surface area contributed by atoms with Gasteiger partial charge in [0.1, 0.15) is 0 Å². The Morgan fingerprint density at radius 2 is 1.90 bits per heavy atom. The van der Waals surface area contributed by atoms with Crippen molar-refractivity contribution in [3.05, 3.63) is 11.7 Å². The first-order valence-corrected chi connectivity index (χ1v) is 7.97. The maximum absolute atomic E-state index is 5.60. The van der Waals surface area contributed by atoms with Crippen LogP contribution in [0.25, 0.3) is 0 Å². The SMILES string of the molecule is CC(C)Cc1noc(CN2CCC(C3OCCO3)CC2)n1. The molecule has 0 unspecified atom stereocenters. The fraction of sp³-hybridized carbons (Fsp3) is 0.867. The number of hydrogen-bond donors (Lipinski definition) is 0. The van der Waals surface area contributed by atoms with E-state index in [1.165, 1.54) is 0 Å². The van der Waals surface area contributed by atoms with Gasteiger partial charge in [0, 0.05) is 12.3 Å². The summed E-state index contributed by atoms with van der Waals surface area (Å²) >= 11 is 0. The Labute approximate surface area is 125 Å². The van der Waals surface area contributed by atoms with Crippen LogP contribution in [0, 0.1) is 11.8 Å². The van der Waals surface area contributed by atoms with Crippen LogP contribution in [0.3, 0.4) is 0 Å². The zero-order chi connectivity index (χ0) is 14.7. The van der Waals surface area contributed by atoms with E-state index in [0.717, 1.165) is 63.8 Å². The van der Waals surface area contributed by atoms with E-state index in [-0.39, 0.29) is 6.29 Å². The van der Waals surface area contributed by atoms with Crippen LogP contribution in [0.15, 0.2) is 4.52 Å². The van der Waals surface area contributed by atoms with Crippen LogP contribution in [0.2, 0.25) is 0 Å². The molecule has 1 aromatic rings. The molecular weight excluding hydrogens is 270 g/mol. The van der Waals surface area contributed by atoms with E-state index in [1.807, 2.05) is 0 Å². The molecule has 0 radical (unpaired) electrons. The van der Waals surface area contributed by atoms with E-state index in [9.17, 15) is 0 Å². The van der Waals surface area contributed by atoms with Crippen LogP contribution in [0.4, 0.5) is 0 Å². The van der Waals surface area contributed by atoms with E-state index in [1.54, 1.807) is 0 Å². The monoisotopic (exact) mass is 295 g/mol. The smallest absolute Gasteiger partial charge is 0.240 e. The highest BCUT2D eigenvalue weighted by Gasteiger charge is 2.30. The van der Waals surface area contributed by atoms with Gasteiger partial charge in [0.25, 0.3) is 0 Å². The molecule has 6 heteroatoms. The summed E-state index contributed by atoms with van der Waals surface area (Å²) in [6.07, 6.45) is 3.12. The summed E-state index contributed by atoms with van der Waals surface area (Å²) in [5.74, 6) is 2.64. The minimum absolute atomic E-state index is 0.0215. The second-order valence-electron chi connectivity index (χ2n) is 6.43. The molecule has 2 fully saturated rings. The summed E-state index contributed by atoms with van der Waals surface area (Å²) < 4.78 is 16.6. The molecule has 3 rings (SSSR count). The molecule has 0 N–H and O–H groups in total. The number of likely N-dealkylation sites (tertiary alicyclic amines) is 1. The average molecular weight is 295 g/mol. The summed E-state index contributed by atoms with van der Waals surface area (Å²) in [7, 11) is 0. The van der Waals surface area contributed by atoms with Gasteiger partial charge >= 0.3 is 0 Å². The molecule has 0 atom stereocenters. The molecule has 0 spiro atoms. The first kappa shape index (κ1) is 14.9. The molecular formula is C15H25N3O3. The predicted octanol–water partition coefficient (Wildman–Crippen LogP) is 1.85. The fourth-order valence-electron chi connectivity index (χ4n) is 3.03. The first-order chi connectivity index (χ1) is 10.2. The van der Waals surface area contributed by atoms with Crippen molar-refractivity contribution in [2.75, 3.05) is 26.3 Å². The van der Waals surface area contributed by atoms with E-state index in [0.29, 0.717) is 11.8 Å². The third kappa shape index (κ3) is 4.02. The second kappa shape index (κ2) is 6.85. The van der Waals surface area contributed by atoms with Gasteiger partial charge in [0.2, 0.25) is 5.89 Å².